The molecule has 0 radical (unpaired) electrons. The average Bonchev–Trinajstić information content (AvgIpc) is 3.37. The van der Waals surface area contributed by atoms with Crippen molar-refractivity contribution in [2.75, 3.05) is 26.8 Å². The van der Waals surface area contributed by atoms with Crippen molar-refractivity contribution in [3.05, 3.63) is 54.0 Å². The van der Waals surface area contributed by atoms with E-state index in [4.69, 9.17) is 13.9 Å². The Morgan fingerprint density at radius 2 is 2.22 bits per heavy atom. The Kier molecular flexibility index (Phi) is 5.45. The topological polar surface area (TPSA) is 63.9 Å². The predicted octanol–water partition coefficient (Wildman–Crippen LogP) is 2.44. The summed E-state index contributed by atoms with van der Waals surface area (Å²) in [5.74, 6) is 1.94. The zero-order chi connectivity index (χ0) is 18.6. The minimum absolute atomic E-state index is 0.0631. The molecule has 4 rings (SSSR count). The number of benzene rings is 1. The molecule has 0 unspecified atom stereocenters. The number of nitrogens with zero attached hydrogens (tertiary/aromatic N) is 1. The number of fused-ring (bicyclic) bond motifs is 1. The van der Waals surface area contributed by atoms with Crippen LogP contribution in [-0.4, -0.2) is 43.7 Å². The van der Waals surface area contributed by atoms with Gasteiger partial charge in [-0.2, -0.15) is 0 Å². The number of nitrogens with one attached hydrogen (secondary N) is 1. The van der Waals surface area contributed by atoms with Crippen LogP contribution in [0.2, 0.25) is 0 Å². The second-order valence-electron chi connectivity index (χ2n) is 7.31. The van der Waals surface area contributed by atoms with Crippen LogP contribution in [0.5, 0.6) is 5.75 Å². The number of likely N-dealkylation sites (tertiary alicyclic amines) is 1. The van der Waals surface area contributed by atoms with Crippen molar-refractivity contribution in [3.63, 3.8) is 0 Å². The molecule has 2 aromatic rings. The van der Waals surface area contributed by atoms with Gasteiger partial charge in [0.15, 0.2) is 0 Å². The summed E-state index contributed by atoms with van der Waals surface area (Å²) in [5.41, 5.74) is 1.18. The molecule has 6 heteroatoms. The van der Waals surface area contributed by atoms with E-state index in [9.17, 15) is 4.79 Å². The Labute approximate surface area is 159 Å². The van der Waals surface area contributed by atoms with Crippen molar-refractivity contribution in [2.24, 2.45) is 11.8 Å². The zero-order valence-electron chi connectivity index (χ0n) is 15.6. The minimum Gasteiger partial charge on any atom is -0.497 e. The van der Waals surface area contributed by atoms with Gasteiger partial charge in [-0.15, -0.1) is 0 Å². The number of piperidine rings is 1. The van der Waals surface area contributed by atoms with Crippen LogP contribution in [0.1, 0.15) is 17.7 Å². The van der Waals surface area contributed by atoms with E-state index in [-0.39, 0.29) is 17.9 Å². The first-order chi connectivity index (χ1) is 13.2. The van der Waals surface area contributed by atoms with Gasteiger partial charge in [0, 0.05) is 32.2 Å². The normalized spacial score (nSPS) is 25.1. The summed E-state index contributed by atoms with van der Waals surface area (Å²) in [6, 6.07) is 11.8. The predicted molar refractivity (Wildman–Crippen MR) is 100 cm³/mol. The minimum atomic E-state index is -0.0631. The van der Waals surface area contributed by atoms with Gasteiger partial charge < -0.3 is 19.2 Å². The van der Waals surface area contributed by atoms with E-state index in [2.05, 4.69) is 16.3 Å². The number of methoxy groups -OCH3 is 1. The van der Waals surface area contributed by atoms with Crippen LogP contribution in [-0.2, 0) is 22.6 Å². The van der Waals surface area contributed by atoms with E-state index in [0.717, 1.165) is 44.2 Å². The van der Waals surface area contributed by atoms with Crippen LogP contribution in [0.25, 0.3) is 0 Å². The smallest absolute Gasteiger partial charge is 0.225 e. The lowest BCUT2D eigenvalue weighted by molar-refractivity contribution is -0.131. The first-order valence-corrected chi connectivity index (χ1v) is 9.50. The van der Waals surface area contributed by atoms with Crippen molar-refractivity contribution in [1.29, 1.82) is 0 Å². The molecule has 3 atom stereocenters. The maximum Gasteiger partial charge on any atom is 0.225 e. The number of rotatable bonds is 6. The highest BCUT2D eigenvalue weighted by Gasteiger charge is 2.43. The molecule has 2 aliphatic heterocycles. The standard InChI is InChI=1S/C21H26N2O4/c1-25-16-5-2-4-15(10-16)12-23-13-19(18-7-9-27-20(18)14-23)21(24)22-11-17-6-3-8-26-17/h2-6,8,10,18-20H,7,9,11-14H2,1H3,(H,22,24)/t18-,19+,20+/m0/s1. The number of hydrogen-bond donors (Lipinski definition) is 1. The van der Waals surface area contributed by atoms with Crippen molar-refractivity contribution in [2.45, 2.75) is 25.6 Å². The van der Waals surface area contributed by atoms with Gasteiger partial charge in [-0.3, -0.25) is 9.69 Å². The first kappa shape index (κ1) is 18.1. The number of ether oxygens (including phenoxy) is 2. The molecule has 1 aromatic carbocycles. The molecule has 0 saturated carbocycles. The van der Waals surface area contributed by atoms with Gasteiger partial charge in [-0.25, -0.2) is 0 Å². The monoisotopic (exact) mass is 370 g/mol. The highest BCUT2D eigenvalue weighted by atomic mass is 16.5. The highest BCUT2D eigenvalue weighted by molar-refractivity contribution is 5.79. The molecule has 6 nitrogen and oxygen atoms in total. The molecule has 3 heterocycles. The molecule has 1 amide bonds. The Morgan fingerprint density at radius 1 is 1.30 bits per heavy atom. The summed E-state index contributed by atoms with van der Waals surface area (Å²) in [7, 11) is 1.68. The first-order valence-electron chi connectivity index (χ1n) is 9.50. The molecule has 2 saturated heterocycles. The summed E-state index contributed by atoms with van der Waals surface area (Å²) in [5, 5.41) is 3.04. The summed E-state index contributed by atoms with van der Waals surface area (Å²) >= 11 is 0. The summed E-state index contributed by atoms with van der Waals surface area (Å²) in [4.78, 5) is 15.2. The van der Waals surface area contributed by atoms with Gasteiger partial charge in [0.25, 0.3) is 0 Å². The van der Waals surface area contributed by atoms with E-state index in [1.165, 1.54) is 5.56 Å². The Morgan fingerprint density at radius 3 is 3.04 bits per heavy atom. The fourth-order valence-electron chi connectivity index (χ4n) is 4.21. The number of amides is 1. The highest BCUT2D eigenvalue weighted by Crippen LogP contribution is 2.34. The molecule has 27 heavy (non-hydrogen) atoms. The fourth-order valence-corrected chi connectivity index (χ4v) is 4.21. The number of carbonyl (C=O) groups excluding carboxylic acids is 1. The van der Waals surface area contributed by atoms with Crippen LogP contribution >= 0.6 is 0 Å². The van der Waals surface area contributed by atoms with E-state index < -0.39 is 0 Å². The third kappa shape index (κ3) is 4.17. The zero-order valence-corrected chi connectivity index (χ0v) is 15.6. The van der Waals surface area contributed by atoms with Crippen LogP contribution < -0.4 is 10.1 Å². The quantitative estimate of drug-likeness (QED) is 0.846. The molecular weight excluding hydrogens is 344 g/mol. The van der Waals surface area contributed by atoms with Gasteiger partial charge in [0.1, 0.15) is 11.5 Å². The molecule has 1 N–H and O–H groups in total. The van der Waals surface area contributed by atoms with Crippen molar-refractivity contribution >= 4 is 5.91 Å². The van der Waals surface area contributed by atoms with Crippen LogP contribution in [0.15, 0.2) is 47.1 Å². The summed E-state index contributed by atoms with van der Waals surface area (Å²) in [6.07, 6.45) is 2.71. The number of hydrogen-bond acceptors (Lipinski definition) is 5. The SMILES string of the molecule is COc1cccc(CN2C[C@H]3OCC[C@H]3[C@H](C(=O)NCc3ccco3)C2)c1. The van der Waals surface area contributed by atoms with E-state index in [1.54, 1.807) is 13.4 Å². The van der Waals surface area contributed by atoms with Crippen molar-refractivity contribution in [3.8, 4) is 5.75 Å². The number of carbonyl (C=O) groups is 1. The second kappa shape index (κ2) is 8.15. The lowest BCUT2D eigenvalue weighted by Crippen LogP contribution is -2.52. The third-order valence-electron chi connectivity index (χ3n) is 5.56. The second-order valence-corrected chi connectivity index (χ2v) is 7.31. The third-order valence-corrected chi connectivity index (χ3v) is 5.56. The van der Waals surface area contributed by atoms with Crippen LogP contribution in [0.3, 0.4) is 0 Å². The van der Waals surface area contributed by atoms with Gasteiger partial charge >= 0.3 is 0 Å². The molecule has 144 valence electrons. The average molecular weight is 370 g/mol. The van der Waals surface area contributed by atoms with Gasteiger partial charge in [0.05, 0.1) is 31.9 Å². The lowest BCUT2D eigenvalue weighted by atomic mass is 9.82. The molecule has 0 aliphatic carbocycles. The molecule has 1 aromatic heterocycles. The number of furan rings is 1. The summed E-state index contributed by atoms with van der Waals surface area (Å²) < 4.78 is 16.6. The maximum atomic E-state index is 12.9. The van der Waals surface area contributed by atoms with E-state index >= 15 is 0 Å². The fraction of sp³-hybridized carbons (Fsp3) is 0.476. The summed E-state index contributed by atoms with van der Waals surface area (Å²) in [6.45, 7) is 3.56. The van der Waals surface area contributed by atoms with E-state index in [0.29, 0.717) is 12.5 Å². The lowest BCUT2D eigenvalue weighted by Gasteiger charge is -2.39. The van der Waals surface area contributed by atoms with Crippen LogP contribution in [0.4, 0.5) is 0 Å². The van der Waals surface area contributed by atoms with Crippen molar-refractivity contribution < 1.29 is 18.7 Å². The maximum absolute atomic E-state index is 12.9. The van der Waals surface area contributed by atoms with Gasteiger partial charge in [-0.05, 0) is 36.2 Å². The van der Waals surface area contributed by atoms with Gasteiger partial charge in [0.2, 0.25) is 5.91 Å². The molecule has 0 spiro atoms. The Hall–Kier alpha value is -2.31. The molecule has 2 aliphatic rings. The van der Waals surface area contributed by atoms with E-state index in [1.807, 2.05) is 30.3 Å². The molecule has 2 fully saturated rings. The Balaban J connectivity index is 1.42. The molecule has 0 bridgehead atoms. The van der Waals surface area contributed by atoms with Gasteiger partial charge in [-0.1, -0.05) is 12.1 Å². The largest absolute Gasteiger partial charge is 0.497 e. The Bertz CT molecular complexity index is 761. The van der Waals surface area contributed by atoms with Crippen molar-refractivity contribution in [1.82, 2.24) is 10.2 Å². The molecular formula is C21H26N2O4. The van der Waals surface area contributed by atoms with Crippen LogP contribution in [0, 0.1) is 11.8 Å².